The molecule has 0 amide bonds. The van der Waals surface area contributed by atoms with E-state index in [0.717, 1.165) is 24.1 Å². The summed E-state index contributed by atoms with van der Waals surface area (Å²) in [5.41, 5.74) is 6.51. The Bertz CT molecular complexity index is 446. The SMILES string of the molecule is CCCCc1sc(C(=O)OCC)c(N)c1C#N. The molecule has 0 saturated carbocycles. The molecule has 1 aromatic heterocycles. The number of aryl methyl sites for hydroxylation is 1. The Kier molecular flexibility index (Phi) is 4.98. The quantitative estimate of drug-likeness (QED) is 0.817. The molecule has 0 bridgehead atoms. The van der Waals surface area contributed by atoms with E-state index in [-0.39, 0.29) is 5.69 Å². The Morgan fingerprint density at radius 1 is 1.53 bits per heavy atom. The van der Waals surface area contributed by atoms with Crippen molar-refractivity contribution in [2.24, 2.45) is 0 Å². The second-order valence-electron chi connectivity index (χ2n) is 3.58. The number of thiophene rings is 1. The van der Waals surface area contributed by atoms with E-state index in [0.29, 0.717) is 17.0 Å². The predicted molar refractivity (Wildman–Crippen MR) is 68.0 cm³/mol. The van der Waals surface area contributed by atoms with Crippen LogP contribution in [0.3, 0.4) is 0 Å². The summed E-state index contributed by atoms with van der Waals surface area (Å²) in [6.45, 7) is 4.13. The normalized spacial score (nSPS) is 9.94. The monoisotopic (exact) mass is 252 g/mol. The van der Waals surface area contributed by atoms with Crippen LogP contribution in [-0.2, 0) is 11.2 Å². The molecule has 0 fully saturated rings. The zero-order valence-electron chi connectivity index (χ0n) is 10.1. The molecular formula is C12H16N2O2S. The maximum Gasteiger partial charge on any atom is 0.350 e. The van der Waals surface area contributed by atoms with Crippen molar-refractivity contribution in [1.29, 1.82) is 5.26 Å². The van der Waals surface area contributed by atoms with E-state index in [1.54, 1.807) is 6.92 Å². The first-order valence-corrected chi connectivity index (χ1v) is 6.45. The Morgan fingerprint density at radius 3 is 2.76 bits per heavy atom. The molecule has 5 heteroatoms. The number of unbranched alkanes of at least 4 members (excludes halogenated alkanes) is 1. The minimum absolute atomic E-state index is 0.266. The van der Waals surface area contributed by atoms with Gasteiger partial charge in [-0.05, 0) is 19.8 Å². The van der Waals surface area contributed by atoms with Gasteiger partial charge in [-0.1, -0.05) is 13.3 Å². The first-order chi connectivity index (χ1) is 8.15. The number of nitriles is 1. The molecule has 0 aromatic carbocycles. The largest absolute Gasteiger partial charge is 0.462 e. The van der Waals surface area contributed by atoms with Crippen LogP contribution in [-0.4, -0.2) is 12.6 Å². The van der Waals surface area contributed by atoms with Gasteiger partial charge in [0.15, 0.2) is 0 Å². The Labute approximate surface area is 105 Å². The minimum atomic E-state index is -0.436. The maximum absolute atomic E-state index is 11.6. The van der Waals surface area contributed by atoms with Crippen molar-refractivity contribution < 1.29 is 9.53 Å². The van der Waals surface area contributed by atoms with Crippen molar-refractivity contribution in [2.75, 3.05) is 12.3 Å². The minimum Gasteiger partial charge on any atom is -0.462 e. The fourth-order valence-corrected chi connectivity index (χ4v) is 2.58. The highest BCUT2D eigenvalue weighted by atomic mass is 32.1. The first kappa shape index (κ1) is 13.5. The summed E-state index contributed by atoms with van der Waals surface area (Å²) < 4.78 is 4.91. The number of carbonyl (C=O) groups excluding carboxylic acids is 1. The van der Waals surface area contributed by atoms with Crippen LogP contribution in [0.25, 0.3) is 0 Å². The lowest BCUT2D eigenvalue weighted by Crippen LogP contribution is -2.05. The Balaban J connectivity index is 3.05. The number of nitrogens with zero attached hydrogens (tertiary/aromatic N) is 1. The maximum atomic E-state index is 11.6. The van der Waals surface area contributed by atoms with E-state index < -0.39 is 5.97 Å². The molecule has 2 N–H and O–H groups in total. The van der Waals surface area contributed by atoms with E-state index in [4.69, 9.17) is 15.7 Å². The molecule has 0 unspecified atom stereocenters. The number of hydrogen-bond donors (Lipinski definition) is 1. The van der Waals surface area contributed by atoms with Crippen molar-refractivity contribution in [1.82, 2.24) is 0 Å². The van der Waals surface area contributed by atoms with Gasteiger partial charge in [0, 0.05) is 4.88 Å². The van der Waals surface area contributed by atoms with E-state index in [9.17, 15) is 4.79 Å². The van der Waals surface area contributed by atoms with Gasteiger partial charge in [0.1, 0.15) is 10.9 Å². The first-order valence-electron chi connectivity index (χ1n) is 5.64. The highest BCUT2D eigenvalue weighted by Gasteiger charge is 2.21. The highest BCUT2D eigenvalue weighted by Crippen LogP contribution is 2.32. The van der Waals surface area contributed by atoms with E-state index >= 15 is 0 Å². The van der Waals surface area contributed by atoms with Gasteiger partial charge < -0.3 is 10.5 Å². The fourth-order valence-electron chi connectivity index (χ4n) is 1.48. The van der Waals surface area contributed by atoms with Gasteiger partial charge in [-0.3, -0.25) is 0 Å². The fraction of sp³-hybridized carbons (Fsp3) is 0.500. The zero-order chi connectivity index (χ0) is 12.8. The van der Waals surface area contributed by atoms with Crippen LogP contribution in [0.5, 0.6) is 0 Å². The van der Waals surface area contributed by atoms with Crippen LogP contribution in [0, 0.1) is 11.3 Å². The van der Waals surface area contributed by atoms with Crippen LogP contribution in [0.1, 0.15) is 46.8 Å². The molecule has 0 aliphatic carbocycles. The van der Waals surface area contributed by atoms with Crippen LogP contribution in [0.4, 0.5) is 5.69 Å². The summed E-state index contributed by atoms with van der Waals surface area (Å²) >= 11 is 1.28. The molecule has 1 heterocycles. The summed E-state index contributed by atoms with van der Waals surface area (Å²) in [5.74, 6) is -0.436. The van der Waals surface area contributed by atoms with E-state index in [1.807, 2.05) is 0 Å². The number of nitrogen functional groups attached to an aromatic ring is 1. The van der Waals surface area contributed by atoms with Crippen molar-refractivity contribution in [3.05, 3.63) is 15.3 Å². The van der Waals surface area contributed by atoms with Gasteiger partial charge >= 0.3 is 5.97 Å². The lowest BCUT2D eigenvalue weighted by Gasteiger charge is -1.98. The lowest BCUT2D eigenvalue weighted by molar-refractivity contribution is 0.0533. The van der Waals surface area contributed by atoms with Crippen LogP contribution < -0.4 is 5.73 Å². The number of ether oxygens (including phenoxy) is 1. The number of carbonyl (C=O) groups is 1. The molecule has 1 rings (SSSR count). The predicted octanol–water partition coefficient (Wildman–Crippen LogP) is 2.72. The lowest BCUT2D eigenvalue weighted by atomic mass is 10.1. The van der Waals surface area contributed by atoms with Gasteiger partial charge in [0.25, 0.3) is 0 Å². The van der Waals surface area contributed by atoms with E-state index in [1.165, 1.54) is 11.3 Å². The molecule has 92 valence electrons. The second-order valence-corrected chi connectivity index (χ2v) is 4.68. The molecule has 17 heavy (non-hydrogen) atoms. The molecule has 1 aromatic rings. The zero-order valence-corrected chi connectivity index (χ0v) is 10.9. The smallest absolute Gasteiger partial charge is 0.350 e. The van der Waals surface area contributed by atoms with Gasteiger partial charge in [-0.25, -0.2) is 4.79 Å². The summed E-state index contributed by atoms with van der Waals surface area (Å²) in [7, 11) is 0. The molecule has 0 atom stereocenters. The molecule has 0 radical (unpaired) electrons. The van der Waals surface area contributed by atoms with E-state index in [2.05, 4.69) is 13.0 Å². The van der Waals surface area contributed by atoms with Crippen LogP contribution in [0.15, 0.2) is 0 Å². The number of esters is 1. The average Bonchev–Trinajstić information content (AvgIpc) is 2.63. The summed E-state index contributed by atoms with van der Waals surface area (Å²) in [5, 5.41) is 9.05. The van der Waals surface area contributed by atoms with Crippen LogP contribution in [0.2, 0.25) is 0 Å². The van der Waals surface area contributed by atoms with Gasteiger partial charge in [0.2, 0.25) is 0 Å². The van der Waals surface area contributed by atoms with Gasteiger partial charge in [0.05, 0.1) is 17.9 Å². The number of rotatable bonds is 5. The molecule has 0 aliphatic rings. The number of hydrogen-bond acceptors (Lipinski definition) is 5. The Hall–Kier alpha value is -1.54. The van der Waals surface area contributed by atoms with Crippen molar-refractivity contribution >= 4 is 23.0 Å². The van der Waals surface area contributed by atoms with Gasteiger partial charge in [-0.2, -0.15) is 5.26 Å². The molecule has 4 nitrogen and oxygen atoms in total. The summed E-state index contributed by atoms with van der Waals surface area (Å²) in [4.78, 5) is 12.9. The topological polar surface area (TPSA) is 76.1 Å². The van der Waals surface area contributed by atoms with Crippen molar-refractivity contribution in [3.63, 3.8) is 0 Å². The third-order valence-electron chi connectivity index (χ3n) is 2.35. The molecule has 0 spiro atoms. The number of nitrogens with two attached hydrogens (primary N) is 1. The standard InChI is InChI=1S/C12H16N2O2S/c1-3-5-6-9-8(7-13)10(14)11(17-9)12(15)16-4-2/h3-6,14H2,1-2H3. The molecule has 0 saturated heterocycles. The third-order valence-corrected chi connectivity index (χ3v) is 3.59. The van der Waals surface area contributed by atoms with Crippen molar-refractivity contribution in [2.45, 2.75) is 33.1 Å². The average molecular weight is 252 g/mol. The second kappa shape index (κ2) is 6.26. The van der Waals surface area contributed by atoms with Gasteiger partial charge in [-0.15, -0.1) is 11.3 Å². The molecule has 0 aliphatic heterocycles. The summed E-state index contributed by atoms with van der Waals surface area (Å²) in [6.07, 6.45) is 2.81. The van der Waals surface area contributed by atoms with Crippen LogP contribution >= 0.6 is 11.3 Å². The number of anilines is 1. The van der Waals surface area contributed by atoms with Crippen molar-refractivity contribution in [3.8, 4) is 6.07 Å². The molecular weight excluding hydrogens is 236 g/mol. The summed E-state index contributed by atoms with van der Waals surface area (Å²) in [6, 6.07) is 2.07. The Morgan fingerprint density at radius 2 is 2.24 bits per heavy atom. The highest BCUT2D eigenvalue weighted by molar-refractivity contribution is 7.14. The third kappa shape index (κ3) is 2.98.